The van der Waals surface area contributed by atoms with Crippen LogP contribution >= 0.6 is 0 Å². The molecular weight excluding hydrogens is 226 g/mol. The van der Waals surface area contributed by atoms with Gasteiger partial charge in [0.05, 0.1) is 6.54 Å². The number of nitrogens with one attached hydrogen (secondary N) is 2. The van der Waals surface area contributed by atoms with Crippen LogP contribution in [0.2, 0.25) is 0 Å². The summed E-state index contributed by atoms with van der Waals surface area (Å²) in [5, 5.41) is 2.50. The van der Waals surface area contributed by atoms with Gasteiger partial charge in [0, 0.05) is 6.54 Å². The number of nitrogen functional groups attached to an aromatic ring is 1. The Morgan fingerprint density at radius 2 is 2.12 bits per heavy atom. The predicted octanol–water partition coefficient (Wildman–Crippen LogP) is -1.57. The summed E-state index contributed by atoms with van der Waals surface area (Å²) in [4.78, 5) is 35.6. The molecule has 0 aromatic carbocycles. The van der Waals surface area contributed by atoms with Gasteiger partial charge in [-0.2, -0.15) is 0 Å². The van der Waals surface area contributed by atoms with Gasteiger partial charge in [-0.15, -0.1) is 0 Å². The minimum absolute atomic E-state index is 0.00171. The van der Waals surface area contributed by atoms with Gasteiger partial charge in [-0.1, -0.05) is 6.92 Å². The Kier molecular flexibility index (Phi) is 3.91. The fourth-order valence-corrected chi connectivity index (χ4v) is 1.38. The molecule has 1 amide bonds. The topological polar surface area (TPSA) is 136 Å². The second-order valence-corrected chi connectivity index (χ2v) is 3.49. The van der Waals surface area contributed by atoms with Crippen molar-refractivity contribution in [2.75, 3.05) is 17.6 Å². The molecule has 0 aliphatic heterocycles. The molecule has 17 heavy (non-hydrogen) atoms. The molecule has 1 aromatic rings. The monoisotopic (exact) mass is 241 g/mol. The number of nitrogens with zero attached hydrogens (tertiary/aromatic N) is 1. The van der Waals surface area contributed by atoms with E-state index in [0.29, 0.717) is 13.0 Å². The number of H-pyrrole nitrogens is 1. The molecule has 0 atom stereocenters. The third-order valence-corrected chi connectivity index (χ3v) is 2.13. The highest BCUT2D eigenvalue weighted by molar-refractivity contribution is 5.79. The summed E-state index contributed by atoms with van der Waals surface area (Å²) < 4.78 is 1.23. The molecule has 94 valence electrons. The van der Waals surface area contributed by atoms with Crippen LogP contribution < -0.4 is 28.0 Å². The lowest BCUT2D eigenvalue weighted by Crippen LogP contribution is -2.35. The van der Waals surface area contributed by atoms with E-state index < -0.39 is 17.2 Å². The Bertz CT molecular complexity index is 530. The number of primary amides is 1. The average Bonchev–Trinajstić information content (AvgIpc) is 2.23. The molecule has 0 aliphatic rings. The Labute approximate surface area is 96.6 Å². The highest BCUT2D eigenvalue weighted by atomic mass is 16.2. The number of aromatic amines is 1. The summed E-state index contributed by atoms with van der Waals surface area (Å²) >= 11 is 0. The van der Waals surface area contributed by atoms with E-state index in [2.05, 4.69) is 10.3 Å². The van der Waals surface area contributed by atoms with E-state index in [1.54, 1.807) is 0 Å². The number of carbonyl (C=O) groups excluding carboxylic acids is 1. The summed E-state index contributed by atoms with van der Waals surface area (Å²) in [7, 11) is 0. The SMILES string of the molecule is CCCn1c(N)c(NCC(N)=O)c(=O)[nH]c1=O. The van der Waals surface area contributed by atoms with Gasteiger partial charge in [0.25, 0.3) is 5.56 Å². The van der Waals surface area contributed by atoms with Gasteiger partial charge in [-0.05, 0) is 6.42 Å². The quantitative estimate of drug-likeness (QED) is 0.493. The highest BCUT2D eigenvalue weighted by Gasteiger charge is 2.11. The van der Waals surface area contributed by atoms with Crippen LogP contribution in [0.5, 0.6) is 0 Å². The first-order valence-electron chi connectivity index (χ1n) is 5.12. The molecule has 8 nitrogen and oxygen atoms in total. The molecule has 0 spiro atoms. The van der Waals surface area contributed by atoms with Crippen LogP contribution in [0.15, 0.2) is 9.59 Å². The van der Waals surface area contributed by atoms with E-state index >= 15 is 0 Å². The zero-order valence-corrected chi connectivity index (χ0v) is 9.45. The van der Waals surface area contributed by atoms with Crippen molar-refractivity contribution in [2.45, 2.75) is 19.9 Å². The first kappa shape index (κ1) is 12.8. The van der Waals surface area contributed by atoms with Crippen LogP contribution in [-0.4, -0.2) is 22.0 Å². The number of hydrogen-bond acceptors (Lipinski definition) is 5. The van der Waals surface area contributed by atoms with Crippen molar-refractivity contribution in [3.63, 3.8) is 0 Å². The van der Waals surface area contributed by atoms with Crippen LogP contribution in [0, 0.1) is 0 Å². The van der Waals surface area contributed by atoms with Crippen LogP contribution in [0.1, 0.15) is 13.3 Å². The zero-order valence-electron chi connectivity index (χ0n) is 9.45. The summed E-state index contributed by atoms with van der Waals surface area (Å²) in [6.07, 6.45) is 0.686. The van der Waals surface area contributed by atoms with Crippen molar-refractivity contribution in [1.82, 2.24) is 9.55 Å². The summed E-state index contributed by atoms with van der Waals surface area (Å²) in [6.45, 7) is 2.03. The lowest BCUT2D eigenvalue weighted by molar-refractivity contribution is -0.116. The summed E-state index contributed by atoms with van der Waals surface area (Å²) in [6, 6.07) is 0. The molecule has 0 saturated heterocycles. The molecule has 0 fully saturated rings. The zero-order chi connectivity index (χ0) is 13.0. The van der Waals surface area contributed by atoms with Crippen molar-refractivity contribution in [2.24, 2.45) is 5.73 Å². The van der Waals surface area contributed by atoms with Crippen molar-refractivity contribution >= 4 is 17.4 Å². The first-order chi connectivity index (χ1) is 7.97. The fourth-order valence-electron chi connectivity index (χ4n) is 1.38. The van der Waals surface area contributed by atoms with Crippen molar-refractivity contribution in [1.29, 1.82) is 0 Å². The number of aromatic nitrogens is 2. The predicted molar refractivity (Wildman–Crippen MR) is 63.7 cm³/mol. The lowest BCUT2D eigenvalue weighted by Gasteiger charge is -2.12. The van der Waals surface area contributed by atoms with Crippen molar-refractivity contribution < 1.29 is 4.79 Å². The summed E-state index contributed by atoms with van der Waals surface area (Å²) in [5.41, 5.74) is 9.38. The first-order valence-corrected chi connectivity index (χ1v) is 5.12. The van der Waals surface area contributed by atoms with Crippen LogP contribution in [0.25, 0.3) is 0 Å². The van der Waals surface area contributed by atoms with Gasteiger partial charge in [-0.3, -0.25) is 19.1 Å². The van der Waals surface area contributed by atoms with Gasteiger partial charge in [0.1, 0.15) is 11.5 Å². The van der Waals surface area contributed by atoms with Gasteiger partial charge in [-0.25, -0.2) is 4.79 Å². The van der Waals surface area contributed by atoms with E-state index in [0.717, 1.165) is 0 Å². The standard InChI is InChI=1S/C9H15N5O3/c1-2-3-14-7(11)6(12-4-5(10)15)8(16)13-9(14)17/h12H,2-4,11H2,1H3,(H2,10,15)(H,13,16,17). The Balaban J connectivity index is 3.21. The number of anilines is 2. The number of amides is 1. The molecule has 0 radical (unpaired) electrons. The molecule has 0 aliphatic carbocycles. The molecule has 8 heteroatoms. The number of rotatable bonds is 5. The molecule has 1 heterocycles. The Morgan fingerprint density at radius 1 is 1.47 bits per heavy atom. The van der Waals surface area contributed by atoms with E-state index in [9.17, 15) is 14.4 Å². The van der Waals surface area contributed by atoms with Gasteiger partial charge in [0.15, 0.2) is 0 Å². The average molecular weight is 241 g/mol. The second-order valence-electron chi connectivity index (χ2n) is 3.49. The molecule has 6 N–H and O–H groups in total. The normalized spacial score (nSPS) is 10.2. The Morgan fingerprint density at radius 3 is 2.65 bits per heavy atom. The second kappa shape index (κ2) is 5.19. The van der Waals surface area contributed by atoms with E-state index in [4.69, 9.17) is 11.5 Å². The molecule has 0 unspecified atom stereocenters. The van der Waals surface area contributed by atoms with Gasteiger partial charge in [0.2, 0.25) is 5.91 Å². The maximum absolute atomic E-state index is 11.5. The van der Waals surface area contributed by atoms with E-state index in [1.165, 1.54) is 4.57 Å². The number of hydrogen-bond donors (Lipinski definition) is 4. The highest BCUT2D eigenvalue weighted by Crippen LogP contribution is 2.09. The van der Waals surface area contributed by atoms with Crippen LogP contribution in [0.4, 0.5) is 11.5 Å². The number of nitrogens with two attached hydrogens (primary N) is 2. The lowest BCUT2D eigenvalue weighted by atomic mass is 10.4. The van der Waals surface area contributed by atoms with Crippen LogP contribution in [0.3, 0.4) is 0 Å². The van der Waals surface area contributed by atoms with E-state index in [-0.39, 0.29) is 18.1 Å². The molecule has 0 saturated carbocycles. The maximum Gasteiger partial charge on any atom is 0.330 e. The smallest absolute Gasteiger partial charge is 0.330 e. The molecule has 1 aromatic heterocycles. The third-order valence-electron chi connectivity index (χ3n) is 2.13. The minimum Gasteiger partial charge on any atom is -0.383 e. The van der Waals surface area contributed by atoms with E-state index in [1.807, 2.05) is 6.92 Å². The third kappa shape index (κ3) is 2.86. The van der Waals surface area contributed by atoms with Crippen LogP contribution in [-0.2, 0) is 11.3 Å². The number of carbonyl (C=O) groups is 1. The van der Waals surface area contributed by atoms with Crippen molar-refractivity contribution in [3.05, 3.63) is 20.8 Å². The van der Waals surface area contributed by atoms with Crippen molar-refractivity contribution in [3.8, 4) is 0 Å². The Hall–Kier alpha value is -2.25. The van der Waals surface area contributed by atoms with Gasteiger partial charge >= 0.3 is 5.69 Å². The minimum atomic E-state index is -0.666. The largest absolute Gasteiger partial charge is 0.383 e. The fraction of sp³-hybridized carbons (Fsp3) is 0.444. The molecule has 1 rings (SSSR count). The summed E-state index contributed by atoms with van der Waals surface area (Å²) in [5.74, 6) is -0.626. The molecular formula is C9H15N5O3. The van der Waals surface area contributed by atoms with Gasteiger partial charge < -0.3 is 16.8 Å². The molecule has 0 bridgehead atoms. The maximum atomic E-state index is 11.5.